The minimum Gasteiger partial charge on any atom is -0.334 e. The standard InChI is InChI=1S/C11H12N2O3/c1-2-5-12-7-8-6-9(13(15)16)3-4-10(8)11(12)14/h3-4,6H,2,5,7H2,1H3. The maximum absolute atomic E-state index is 11.8. The Bertz CT molecular complexity index is 457. The Balaban J connectivity index is 2.33. The van der Waals surface area contributed by atoms with Gasteiger partial charge in [0.25, 0.3) is 11.6 Å². The molecule has 5 heteroatoms. The molecule has 1 aliphatic rings. The number of nitro benzene ring substituents is 1. The molecular weight excluding hydrogens is 208 g/mol. The minimum atomic E-state index is -0.437. The summed E-state index contributed by atoms with van der Waals surface area (Å²) in [5.74, 6) is -0.0215. The van der Waals surface area contributed by atoms with Crippen molar-refractivity contribution < 1.29 is 9.72 Å². The Morgan fingerprint density at radius 2 is 2.25 bits per heavy atom. The summed E-state index contributed by atoms with van der Waals surface area (Å²) in [6.07, 6.45) is 0.891. The first-order valence-corrected chi connectivity index (χ1v) is 5.20. The zero-order valence-electron chi connectivity index (χ0n) is 8.97. The zero-order chi connectivity index (χ0) is 11.7. The van der Waals surface area contributed by atoms with Crippen molar-refractivity contribution in [1.82, 2.24) is 4.90 Å². The molecular formula is C11H12N2O3. The molecule has 0 aromatic heterocycles. The lowest BCUT2D eigenvalue weighted by molar-refractivity contribution is -0.384. The van der Waals surface area contributed by atoms with Crippen LogP contribution in [0.5, 0.6) is 0 Å². The Kier molecular flexibility index (Phi) is 2.60. The van der Waals surface area contributed by atoms with Crippen LogP contribution in [0.2, 0.25) is 0 Å². The first-order chi connectivity index (χ1) is 7.63. The maximum atomic E-state index is 11.8. The highest BCUT2D eigenvalue weighted by Crippen LogP contribution is 2.26. The maximum Gasteiger partial charge on any atom is 0.269 e. The van der Waals surface area contributed by atoms with Gasteiger partial charge in [-0.15, -0.1) is 0 Å². The summed E-state index contributed by atoms with van der Waals surface area (Å²) in [5, 5.41) is 10.6. The zero-order valence-corrected chi connectivity index (χ0v) is 8.97. The van der Waals surface area contributed by atoms with Gasteiger partial charge >= 0.3 is 0 Å². The van der Waals surface area contributed by atoms with Gasteiger partial charge in [-0.05, 0) is 18.1 Å². The van der Waals surface area contributed by atoms with Crippen LogP contribution in [0.15, 0.2) is 18.2 Å². The molecule has 5 nitrogen and oxygen atoms in total. The average Bonchev–Trinajstić information content (AvgIpc) is 2.56. The molecule has 0 fully saturated rings. The molecule has 0 N–H and O–H groups in total. The summed E-state index contributed by atoms with van der Waals surface area (Å²) >= 11 is 0. The fourth-order valence-corrected chi connectivity index (χ4v) is 1.93. The van der Waals surface area contributed by atoms with Crippen molar-refractivity contribution in [2.24, 2.45) is 0 Å². The van der Waals surface area contributed by atoms with Gasteiger partial charge in [-0.1, -0.05) is 6.92 Å². The Labute approximate surface area is 92.8 Å². The molecule has 0 saturated heterocycles. The van der Waals surface area contributed by atoms with Crippen LogP contribution in [-0.4, -0.2) is 22.3 Å². The topological polar surface area (TPSA) is 63.4 Å². The third-order valence-electron chi connectivity index (χ3n) is 2.67. The van der Waals surface area contributed by atoms with Gasteiger partial charge in [0.15, 0.2) is 0 Å². The fraction of sp³-hybridized carbons (Fsp3) is 0.364. The summed E-state index contributed by atoms with van der Waals surface area (Å²) in [6, 6.07) is 4.42. The number of amides is 1. The summed E-state index contributed by atoms with van der Waals surface area (Å²) < 4.78 is 0. The summed E-state index contributed by atoms with van der Waals surface area (Å²) in [7, 11) is 0. The van der Waals surface area contributed by atoms with E-state index in [0.29, 0.717) is 18.7 Å². The molecule has 1 aromatic rings. The molecule has 0 spiro atoms. The molecule has 0 unspecified atom stereocenters. The average molecular weight is 220 g/mol. The lowest BCUT2D eigenvalue weighted by atomic mass is 10.1. The van der Waals surface area contributed by atoms with E-state index in [-0.39, 0.29) is 11.6 Å². The van der Waals surface area contributed by atoms with Crippen LogP contribution in [0.3, 0.4) is 0 Å². The summed E-state index contributed by atoms with van der Waals surface area (Å²) in [5.41, 5.74) is 1.40. The van der Waals surface area contributed by atoms with E-state index in [2.05, 4.69) is 0 Å². The van der Waals surface area contributed by atoms with Crippen molar-refractivity contribution in [3.05, 3.63) is 39.4 Å². The van der Waals surface area contributed by atoms with E-state index in [1.165, 1.54) is 12.1 Å². The largest absolute Gasteiger partial charge is 0.334 e. The van der Waals surface area contributed by atoms with Crippen molar-refractivity contribution in [3.8, 4) is 0 Å². The van der Waals surface area contributed by atoms with Crippen molar-refractivity contribution in [1.29, 1.82) is 0 Å². The van der Waals surface area contributed by atoms with Crippen LogP contribution in [-0.2, 0) is 6.54 Å². The smallest absolute Gasteiger partial charge is 0.269 e. The van der Waals surface area contributed by atoms with E-state index in [0.717, 1.165) is 12.0 Å². The van der Waals surface area contributed by atoms with Crippen LogP contribution < -0.4 is 0 Å². The van der Waals surface area contributed by atoms with Crippen LogP contribution >= 0.6 is 0 Å². The highest BCUT2D eigenvalue weighted by molar-refractivity contribution is 5.98. The third-order valence-corrected chi connectivity index (χ3v) is 2.67. The van der Waals surface area contributed by atoms with Gasteiger partial charge in [0.05, 0.1) is 4.92 Å². The molecule has 0 bridgehead atoms. The molecule has 16 heavy (non-hydrogen) atoms. The van der Waals surface area contributed by atoms with Crippen molar-refractivity contribution in [3.63, 3.8) is 0 Å². The van der Waals surface area contributed by atoms with Crippen LogP contribution in [0.1, 0.15) is 29.3 Å². The number of nitro groups is 1. The molecule has 1 aromatic carbocycles. The van der Waals surface area contributed by atoms with E-state index >= 15 is 0 Å². The molecule has 84 valence electrons. The molecule has 1 heterocycles. The molecule has 0 radical (unpaired) electrons. The Morgan fingerprint density at radius 3 is 2.88 bits per heavy atom. The molecule has 1 aliphatic heterocycles. The second-order valence-electron chi connectivity index (χ2n) is 3.83. The van der Waals surface area contributed by atoms with Gasteiger partial charge in [-0.25, -0.2) is 0 Å². The number of carbonyl (C=O) groups is 1. The molecule has 0 atom stereocenters. The lowest BCUT2D eigenvalue weighted by Gasteiger charge is -2.13. The van der Waals surface area contributed by atoms with Gasteiger partial charge in [0.2, 0.25) is 0 Å². The second kappa shape index (κ2) is 3.92. The number of non-ortho nitro benzene ring substituents is 1. The summed E-state index contributed by atoms with van der Waals surface area (Å²) in [6.45, 7) is 3.18. The fourth-order valence-electron chi connectivity index (χ4n) is 1.93. The number of nitrogens with zero attached hydrogens (tertiary/aromatic N) is 2. The number of hydrogen-bond donors (Lipinski definition) is 0. The van der Waals surface area contributed by atoms with E-state index in [1.807, 2.05) is 6.92 Å². The third kappa shape index (κ3) is 1.64. The quantitative estimate of drug-likeness (QED) is 0.577. The van der Waals surface area contributed by atoms with Crippen molar-refractivity contribution in [2.75, 3.05) is 6.54 Å². The minimum absolute atomic E-state index is 0.0215. The molecule has 2 rings (SSSR count). The van der Waals surface area contributed by atoms with Gasteiger partial charge in [-0.2, -0.15) is 0 Å². The van der Waals surface area contributed by atoms with Crippen molar-refractivity contribution in [2.45, 2.75) is 19.9 Å². The predicted octanol–water partition coefficient (Wildman–Crippen LogP) is 1.96. The van der Waals surface area contributed by atoms with Crippen LogP contribution in [0.25, 0.3) is 0 Å². The number of hydrogen-bond acceptors (Lipinski definition) is 3. The van der Waals surface area contributed by atoms with Gasteiger partial charge < -0.3 is 4.90 Å². The number of benzene rings is 1. The first-order valence-electron chi connectivity index (χ1n) is 5.20. The normalized spacial score (nSPS) is 14.1. The summed E-state index contributed by atoms with van der Waals surface area (Å²) in [4.78, 5) is 23.7. The van der Waals surface area contributed by atoms with Gasteiger partial charge in [0.1, 0.15) is 0 Å². The highest BCUT2D eigenvalue weighted by Gasteiger charge is 2.27. The van der Waals surface area contributed by atoms with E-state index < -0.39 is 4.92 Å². The number of carbonyl (C=O) groups excluding carboxylic acids is 1. The Hall–Kier alpha value is -1.91. The lowest BCUT2D eigenvalue weighted by Crippen LogP contribution is -2.24. The highest BCUT2D eigenvalue weighted by atomic mass is 16.6. The van der Waals surface area contributed by atoms with E-state index in [9.17, 15) is 14.9 Å². The second-order valence-corrected chi connectivity index (χ2v) is 3.83. The number of fused-ring (bicyclic) bond motifs is 1. The number of rotatable bonds is 3. The van der Waals surface area contributed by atoms with E-state index in [1.54, 1.807) is 11.0 Å². The van der Waals surface area contributed by atoms with Crippen LogP contribution in [0, 0.1) is 10.1 Å². The first kappa shape index (κ1) is 10.6. The molecule has 0 saturated carbocycles. The molecule has 0 aliphatic carbocycles. The van der Waals surface area contributed by atoms with Crippen molar-refractivity contribution >= 4 is 11.6 Å². The van der Waals surface area contributed by atoms with E-state index in [4.69, 9.17) is 0 Å². The Morgan fingerprint density at radius 1 is 1.50 bits per heavy atom. The van der Waals surface area contributed by atoms with Gasteiger partial charge in [0, 0.05) is 30.8 Å². The monoisotopic (exact) mass is 220 g/mol. The SMILES string of the molecule is CCCN1Cc2cc([N+](=O)[O-])ccc2C1=O. The van der Waals surface area contributed by atoms with Crippen LogP contribution in [0.4, 0.5) is 5.69 Å². The molecule has 1 amide bonds. The van der Waals surface area contributed by atoms with Gasteiger partial charge in [-0.3, -0.25) is 14.9 Å². The predicted molar refractivity (Wildman–Crippen MR) is 58.1 cm³/mol.